The molecule has 1 aromatic carbocycles. The van der Waals surface area contributed by atoms with Gasteiger partial charge in [-0.3, -0.25) is 4.79 Å². The fourth-order valence-electron chi connectivity index (χ4n) is 2.22. The number of carboxylic acid groups (broad SMARTS) is 1. The third-order valence-corrected chi connectivity index (χ3v) is 3.12. The number of carbonyl (C=O) groups is 1. The molecule has 19 heavy (non-hydrogen) atoms. The van der Waals surface area contributed by atoms with Gasteiger partial charge in [0.25, 0.3) is 0 Å². The van der Waals surface area contributed by atoms with Crippen LogP contribution in [0.25, 0.3) is 10.9 Å². The zero-order chi connectivity index (χ0) is 14.2. The molecule has 0 spiro atoms. The second-order valence-electron chi connectivity index (χ2n) is 4.44. The van der Waals surface area contributed by atoms with Crippen molar-refractivity contribution in [2.75, 3.05) is 0 Å². The molecule has 1 aromatic heterocycles. The fraction of sp³-hybridized carbons (Fsp3) is 0.286. The molecule has 0 amide bonds. The van der Waals surface area contributed by atoms with Crippen molar-refractivity contribution in [3.8, 4) is 0 Å². The van der Waals surface area contributed by atoms with Gasteiger partial charge < -0.3 is 9.67 Å². The molecular formula is C14H14FNO3. The summed E-state index contributed by atoms with van der Waals surface area (Å²) in [7, 11) is 0. The maximum absolute atomic E-state index is 13.6. The number of halogens is 1. The van der Waals surface area contributed by atoms with E-state index in [1.165, 1.54) is 18.3 Å². The molecule has 4 nitrogen and oxygen atoms in total. The molecule has 0 saturated carbocycles. The molecule has 0 radical (unpaired) electrons. The van der Waals surface area contributed by atoms with Crippen molar-refractivity contribution in [3.63, 3.8) is 0 Å². The van der Waals surface area contributed by atoms with Crippen molar-refractivity contribution in [1.82, 2.24) is 4.57 Å². The first-order chi connectivity index (χ1) is 8.97. The van der Waals surface area contributed by atoms with Gasteiger partial charge in [0.1, 0.15) is 11.4 Å². The average molecular weight is 263 g/mol. The Morgan fingerprint density at radius 1 is 1.42 bits per heavy atom. The van der Waals surface area contributed by atoms with Crippen molar-refractivity contribution in [1.29, 1.82) is 0 Å². The number of benzene rings is 1. The Bertz CT molecular complexity index is 719. The monoisotopic (exact) mass is 263 g/mol. The second-order valence-corrected chi connectivity index (χ2v) is 4.44. The molecule has 100 valence electrons. The number of aromatic nitrogens is 1. The molecule has 0 saturated heterocycles. The Morgan fingerprint density at radius 3 is 2.68 bits per heavy atom. The van der Waals surface area contributed by atoms with E-state index in [9.17, 15) is 14.0 Å². The second kappa shape index (κ2) is 4.84. The molecule has 2 aromatic rings. The minimum atomic E-state index is -1.27. The normalized spacial score (nSPS) is 10.9. The largest absolute Gasteiger partial charge is 0.477 e. The van der Waals surface area contributed by atoms with Gasteiger partial charge in [-0.1, -0.05) is 6.92 Å². The molecule has 0 aliphatic heterocycles. The molecule has 0 aliphatic rings. The predicted molar refractivity (Wildman–Crippen MR) is 70.2 cm³/mol. The number of hydrogen-bond donors (Lipinski definition) is 1. The maximum Gasteiger partial charge on any atom is 0.341 e. The van der Waals surface area contributed by atoms with Gasteiger partial charge in [-0.05, 0) is 25.5 Å². The molecule has 1 heterocycles. The van der Waals surface area contributed by atoms with Gasteiger partial charge in [-0.15, -0.1) is 0 Å². The van der Waals surface area contributed by atoms with E-state index in [0.29, 0.717) is 17.6 Å². The minimum Gasteiger partial charge on any atom is -0.477 e. The van der Waals surface area contributed by atoms with E-state index < -0.39 is 17.2 Å². The lowest BCUT2D eigenvalue weighted by Crippen LogP contribution is -2.19. The Hall–Kier alpha value is -2.17. The highest BCUT2D eigenvalue weighted by Crippen LogP contribution is 2.20. The summed E-state index contributed by atoms with van der Waals surface area (Å²) in [5, 5.41) is 9.30. The molecular weight excluding hydrogens is 249 g/mol. The summed E-state index contributed by atoms with van der Waals surface area (Å²) in [6.45, 7) is 4.05. The van der Waals surface area contributed by atoms with Crippen LogP contribution in [0.15, 0.2) is 23.1 Å². The van der Waals surface area contributed by atoms with Crippen molar-refractivity contribution < 1.29 is 14.3 Å². The van der Waals surface area contributed by atoms with E-state index in [2.05, 4.69) is 0 Å². The average Bonchev–Trinajstić information content (AvgIpc) is 2.36. The number of fused-ring (bicyclic) bond motifs is 1. The summed E-state index contributed by atoms with van der Waals surface area (Å²) < 4.78 is 15.3. The van der Waals surface area contributed by atoms with Crippen molar-refractivity contribution in [2.24, 2.45) is 0 Å². The van der Waals surface area contributed by atoms with Crippen LogP contribution in [0.2, 0.25) is 0 Å². The number of pyridine rings is 1. The molecule has 0 bridgehead atoms. The Morgan fingerprint density at radius 2 is 2.11 bits per heavy atom. The number of carboxylic acids is 1. The Labute approximate surface area is 109 Å². The molecule has 1 N–H and O–H groups in total. The van der Waals surface area contributed by atoms with E-state index in [-0.39, 0.29) is 10.9 Å². The SMILES string of the molecule is CCCn1cc(C(=O)O)c(=O)c2ccc(F)c(C)c21. The summed E-state index contributed by atoms with van der Waals surface area (Å²) >= 11 is 0. The molecule has 0 unspecified atom stereocenters. The van der Waals surface area contributed by atoms with Crippen LogP contribution in [0.3, 0.4) is 0 Å². The van der Waals surface area contributed by atoms with Gasteiger partial charge in [-0.25, -0.2) is 9.18 Å². The van der Waals surface area contributed by atoms with Gasteiger partial charge in [0.15, 0.2) is 0 Å². The summed E-state index contributed by atoms with van der Waals surface area (Å²) in [6.07, 6.45) is 2.05. The third kappa shape index (κ3) is 2.12. The maximum atomic E-state index is 13.6. The number of aromatic carboxylic acids is 1. The standard InChI is InChI=1S/C14H14FNO3/c1-3-6-16-7-10(14(18)19)13(17)9-4-5-11(15)8(2)12(9)16/h4-5,7H,3,6H2,1-2H3,(H,18,19). The van der Waals surface area contributed by atoms with Crippen LogP contribution in [0.4, 0.5) is 4.39 Å². The van der Waals surface area contributed by atoms with Gasteiger partial charge in [-0.2, -0.15) is 0 Å². The number of hydrogen-bond acceptors (Lipinski definition) is 2. The summed E-state index contributed by atoms with van der Waals surface area (Å²) in [6, 6.07) is 2.54. The third-order valence-electron chi connectivity index (χ3n) is 3.12. The van der Waals surface area contributed by atoms with Crippen LogP contribution in [0, 0.1) is 12.7 Å². The van der Waals surface area contributed by atoms with Crippen LogP contribution in [-0.4, -0.2) is 15.6 Å². The van der Waals surface area contributed by atoms with E-state index in [0.717, 1.165) is 6.42 Å². The van der Waals surface area contributed by atoms with Crippen LogP contribution in [-0.2, 0) is 6.54 Å². The van der Waals surface area contributed by atoms with E-state index in [1.54, 1.807) is 11.5 Å². The number of aryl methyl sites for hydroxylation is 2. The van der Waals surface area contributed by atoms with Gasteiger partial charge in [0.05, 0.1) is 5.52 Å². The molecule has 5 heteroatoms. The lowest BCUT2D eigenvalue weighted by Gasteiger charge is -2.13. The summed E-state index contributed by atoms with van der Waals surface area (Å²) in [5.74, 6) is -1.67. The first-order valence-corrected chi connectivity index (χ1v) is 6.03. The van der Waals surface area contributed by atoms with Crippen LogP contribution in [0.1, 0.15) is 29.3 Å². The first-order valence-electron chi connectivity index (χ1n) is 6.03. The van der Waals surface area contributed by atoms with Crippen LogP contribution >= 0.6 is 0 Å². The topological polar surface area (TPSA) is 59.3 Å². The predicted octanol–water partition coefficient (Wildman–Crippen LogP) is 2.56. The zero-order valence-electron chi connectivity index (χ0n) is 10.7. The van der Waals surface area contributed by atoms with Crippen molar-refractivity contribution in [3.05, 3.63) is 45.5 Å². The fourth-order valence-corrected chi connectivity index (χ4v) is 2.22. The highest BCUT2D eigenvalue weighted by Gasteiger charge is 2.16. The van der Waals surface area contributed by atoms with Gasteiger partial charge >= 0.3 is 5.97 Å². The van der Waals surface area contributed by atoms with E-state index >= 15 is 0 Å². The zero-order valence-corrected chi connectivity index (χ0v) is 10.7. The lowest BCUT2D eigenvalue weighted by atomic mass is 10.1. The minimum absolute atomic E-state index is 0.243. The van der Waals surface area contributed by atoms with Crippen molar-refractivity contribution >= 4 is 16.9 Å². The highest BCUT2D eigenvalue weighted by molar-refractivity contribution is 5.93. The Balaban J connectivity index is 2.96. The molecule has 2 rings (SSSR count). The van der Waals surface area contributed by atoms with Crippen molar-refractivity contribution in [2.45, 2.75) is 26.8 Å². The lowest BCUT2D eigenvalue weighted by molar-refractivity contribution is 0.0695. The van der Waals surface area contributed by atoms with Crippen LogP contribution < -0.4 is 5.43 Å². The highest BCUT2D eigenvalue weighted by atomic mass is 19.1. The quantitative estimate of drug-likeness (QED) is 0.925. The Kier molecular flexibility index (Phi) is 3.38. The van der Waals surface area contributed by atoms with E-state index in [1.807, 2.05) is 6.92 Å². The first kappa shape index (κ1) is 13.3. The molecule has 0 atom stereocenters. The molecule has 0 fully saturated rings. The molecule has 0 aliphatic carbocycles. The number of rotatable bonds is 3. The summed E-state index contributed by atoms with van der Waals surface area (Å²) in [5.41, 5.74) is -0.0262. The van der Waals surface area contributed by atoms with E-state index in [4.69, 9.17) is 5.11 Å². The summed E-state index contributed by atoms with van der Waals surface area (Å²) in [4.78, 5) is 23.2. The number of nitrogens with zero attached hydrogens (tertiary/aromatic N) is 1. The van der Waals surface area contributed by atoms with Crippen LogP contribution in [0.5, 0.6) is 0 Å². The van der Waals surface area contributed by atoms with Gasteiger partial charge in [0.2, 0.25) is 5.43 Å². The van der Waals surface area contributed by atoms with Gasteiger partial charge in [0, 0.05) is 23.7 Å². The smallest absolute Gasteiger partial charge is 0.341 e.